The number of carbonyl (C=O) groups is 1. The summed E-state index contributed by atoms with van der Waals surface area (Å²) in [6.45, 7) is 6.58. The van der Waals surface area contributed by atoms with Crippen LogP contribution in [0.1, 0.15) is 46.5 Å². The van der Waals surface area contributed by atoms with Crippen LogP contribution in [0.2, 0.25) is 0 Å². The van der Waals surface area contributed by atoms with Gasteiger partial charge in [-0.3, -0.25) is 4.79 Å². The molecule has 3 heteroatoms. The van der Waals surface area contributed by atoms with Crippen molar-refractivity contribution in [3.63, 3.8) is 0 Å². The minimum Gasteiger partial charge on any atom is -0.481 e. The lowest BCUT2D eigenvalue weighted by molar-refractivity contribution is -0.137. The Morgan fingerprint density at radius 3 is 2.60 bits per heavy atom. The summed E-state index contributed by atoms with van der Waals surface area (Å²) in [6.07, 6.45) is 3.56. The van der Waals surface area contributed by atoms with Gasteiger partial charge in [0.2, 0.25) is 0 Å². The maximum Gasteiger partial charge on any atom is 0.303 e. The normalized spacial score (nSPS) is 42.1. The molecular formula is C12H20O3. The van der Waals surface area contributed by atoms with Crippen LogP contribution in [0.15, 0.2) is 0 Å². The lowest BCUT2D eigenvalue weighted by Crippen LogP contribution is -2.40. The van der Waals surface area contributed by atoms with Gasteiger partial charge in [-0.25, -0.2) is 0 Å². The van der Waals surface area contributed by atoms with Crippen molar-refractivity contribution in [2.24, 2.45) is 11.3 Å². The van der Waals surface area contributed by atoms with Crippen molar-refractivity contribution in [2.45, 2.75) is 58.2 Å². The van der Waals surface area contributed by atoms with Gasteiger partial charge >= 0.3 is 5.97 Å². The second-order valence-electron chi connectivity index (χ2n) is 5.76. The molecule has 0 aromatic heterocycles. The van der Waals surface area contributed by atoms with Gasteiger partial charge in [0.15, 0.2) is 0 Å². The molecule has 86 valence electrons. The highest BCUT2D eigenvalue weighted by atomic mass is 16.5. The third kappa shape index (κ3) is 1.57. The van der Waals surface area contributed by atoms with Gasteiger partial charge in [-0.05, 0) is 37.5 Å². The summed E-state index contributed by atoms with van der Waals surface area (Å²) in [5.41, 5.74) is 0.0755. The Morgan fingerprint density at radius 2 is 2.13 bits per heavy atom. The van der Waals surface area contributed by atoms with E-state index in [1.54, 1.807) is 0 Å². The fourth-order valence-electron chi connectivity index (χ4n) is 3.60. The van der Waals surface area contributed by atoms with Gasteiger partial charge in [0, 0.05) is 6.42 Å². The van der Waals surface area contributed by atoms with Crippen LogP contribution < -0.4 is 0 Å². The molecule has 2 saturated heterocycles. The van der Waals surface area contributed by atoms with Crippen LogP contribution in [0.3, 0.4) is 0 Å². The Morgan fingerprint density at radius 1 is 1.47 bits per heavy atom. The van der Waals surface area contributed by atoms with Gasteiger partial charge in [-0.15, -0.1) is 0 Å². The van der Waals surface area contributed by atoms with Crippen LogP contribution in [0, 0.1) is 11.3 Å². The Balaban J connectivity index is 2.12. The van der Waals surface area contributed by atoms with Gasteiger partial charge < -0.3 is 9.84 Å². The second-order valence-corrected chi connectivity index (χ2v) is 5.76. The van der Waals surface area contributed by atoms with Gasteiger partial charge in [0.05, 0.1) is 11.7 Å². The highest BCUT2D eigenvalue weighted by Crippen LogP contribution is 2.58. The second kappa shape index (κ2) is 3.21. The summed E-state index contributed by atoms with van der Waals surface area (Å²) in [5, 5.41) is 8.76. The lowest BCUT2D eigenvalue weighted by Gasteiger charge is -2.39. The molecule has 0 spiro atoms. The summed E-state index contributed by atoms with van der Waals surface area (Å²) < 4.78 is 6.03. The molecule has 2 heterocycles. The third-order valence-electron chi connectivity index (χ3n) is 4.43. The van der Waals surface area contributed by atoms with Gasteiger partial charge in [-0.2, -0.15) is 0 Å². The van der Waals surface area contributed by atoms with Crippen molar-refractivity contribution in [2.75, 3.05) is 0 Å². The average Bonchev–Trinajstić information content (AvgIpc) is 2.54. The summed E-state index contributed by atoms with van der Waals surface area (Å²) >= 11 is 0. The zero-order valence-electron chi connectivity index (χ0n) is 9.75. The molecule has 0 unspecified atom stereocenters. The van der Waals surface area contributed by atoms with Gasteiger partial charge in [0.1, 0.15) is 0 Å². The van der Waals surface area contributed by atoms with Crippen molar-refractivity contribution in [1.29, 1.82) is 0 Å². The predicted molar refractivity (Wildman–Crippen MR) is 56.7 cm³/mol. The molecule has 0 radical (unpaired) electrons. The molecule has 3 nitrogen and oxygen atoms in total. The first-order valence-corrected chi connectivity index (χ1v) is 5.76. The Bertz CT molecular complexity index is 280. The summed E-state index contributed by atoms with van der Waals surface area (Å²) in [7, 11) is 0. The number of carboxylic acid groups (broad SMARTS) is 1. The number of ether oxygens (including phenoxy) is 1. The topological polar surface area (TPSA) is 46.5 Å². The molecule has 2 aliphatic heterocycles. The summed E-state index contributed by atoms with van der Waals surface area (Å²) in [4.78, 5) is 10.6. The zero-order chi connectivity index (χ0) is 11.3. The molecule has 3 atom stereocenters. The van der Waals surface area contributed by atoms with E-state index in [2.05, 4.69) is 20.8 Å². The fraction of sp³-hybridized carbons (Fsp3) is 0.917. The first-order valence-electron chi connectivity index (χ1n) is 5.76. The molecule has 0 saturated carbocycles. The quantitative estimate of drug-likeness (QED) is 0.781. The van der Waals surface area contributed by atoms with Crippen LogP contribution in [0.5, 0.6) is 0 Å². The van der Waals surface area contributed by atoms with Crippen LogP contribution >= 0.6 is 0 Å². The van der Waals surface area contributed by atoms with E-state index in [9.17, 15) is 4.79 Å². The first-order chi connectivity index (χ1) is 6.86. The number of rotatable bonds is 3. The van der Waals surface area contributed by atoms with E-state index in [0.29, 0.717) is 12.0 Å². The minimum absolute atomic E-state index is 0.0659. The number of fused-ring (bicyclic) bond motifs is 2. The Kier molecular flexibility index (Phi) is 2.34. The standard InChI is InChI=1S/C12H20O3/c1-11(2)8(4-5-10(13)14)12(3)7-6-9(11)15-12/h8-9H,4-7H2,1-3H3,(H,13,14)/t8-,9-,12+/m1/s1. The number of aliphatic carboxylic acids is 1. The molecule has 2 aliphatic rings. The number of hydrogen-bond acceptors (Lipinski definition) is 2. The highest BCUT2D eigenvalue weighted by molar-refractivity contribution is 5.66. The van der Waals surface area contributed by atoms with E-state index in [1.165, 1.54) is 0 Å². The average molecular weight is 212 g/mol. The molecule has 0 aromatic rings. The van der Waals surface area contributed by atoms with Crippen molar-refractivity contribution in [1.82, 2.24) is 0 Å². The monoisotopic (exact) mass is 212 g/mol. The van der Waals surface area contributed by atoms with Crippen LogP contribution in [-0.2, 0) is 9.53 Å². The van der Waals surface area contributed by atoms with Crippen LogP contribution in [0.25, 0.3) is 0 Å². The Hall–Kier alpha value is -0.570. The maximum absolute atomic E-state index is 10.6. The smallest absolute Gasteiger partial charge is 0.303 e. The predicted octanol–water partition coefficient (Wildman–Crippen LogP) is 2.44. The van der Waals surface area contributed by atoms with E-state index in [1.807, 2.05) is 0 Å². The molecule has 0 aromatic carbocycles. The SMILES string of the molecule is CC1(C)[C@@H](CCC(=O)O)[C@]2(C)CC[C@H]1O2. The molecular weight excluding hydrogens is 192 g/mol. The van der Waals surface area contributed by atoms with Crippen LogP contribution in [-0.4, -0.2) is 22.8 Å². The molecule has 2 fully saturated rings. The Labute approximate surface area is 90.8 Å². The highest BCUT2D eigenvalue weighted by Gasteiger charge is 2.60. The van der Waals surface area contributed by atoms with E-state index in [-0.39, 0.29) is 17.4 Å². The lowest BCUT2D eigenvalue weighted by atomic mass is 9.62. The molecule has 2 bridgehead atoms. The van der Waals surface area contributed by atoms with E-state index in [4.69, 9.17) is 9.84 Å². The fourth-order valence-corrected chi connectivity index (χ4v) is 3.60. The van der Waals surface area contributed by atoms with Gasteiger partial charge in [-0.1, -0.05) is 13.8 Å². The molecule has 0 aliphatic carbocycles. The molecule has 0 amide bonds. The zero-order valence-corrected chi connectivity index (χ0v) is 9.75. The van der Waals surface area contributed by atoms with Crippen molar-refractivity contribution < 1.29 is 14.6 Å². The van der Waals surface area contributed by atoms with Crippen LogP contribution in [0.4, 0.5) is 0 Å². The molecule has 2 rings (SSSR count). The summed E-state index contributed by atoms with van der Waals surface area (Å²) in [5.74, 6) is -0.308. The largest absolute Gasteiger partial charge is 0.481 e. The third-order valence-corrected chi connectivity index (χ3v) is 4.43. The maximum atomic E-state index is 10.6. The van der Waals surface area contributed by atoms with Crippen molar-refractivity contribution in [3.8, 4) is 0 Å². The number of carboxylic acids is 1. The van der Waals surface area contributed by atoms with E-state index < -0.39 is 5.97 Å². The molecule has 1 N–H and O–H groups in total. The van der Waals surface area contributed by atoms with Gasteiger partial charge in [0.25, 0.3) is 0 Å². The minimum atomic E-state index is -0.697. The van der Waals surface area contributed by atoms with Crippen molar-refractivity contribution >= 4 is 5.97 Å². The van der Waals surface area contributed by atoms with Crippen molar-refractivity contribution in [3.05, 3.63) is 0 Å². The molecule has 15 heavy (non-hydrogen) atoms. The summed E-state index contributed by atoms with van der Waals surface area (Å²) in [6, 6.07) is 0. The number of hydrogen-bond donors (Lipinski definition) is 1. The first kappa shape index (κ1) is 10.9. The van der Waals surface area contributed by atoms with E-state index >= 15 is 0 Å². The van der Waals surface area contributed by atoms with E-state index in [0.717, 1.165) is 19.3 Å².